The molecule has 3 amide bonds. The highest BCUT2D eigenvalue weighted by molar-refractivity contribution is 7.99. The molecule has 0 radical (unpaired) electrons. The quantitative estimate of drug-likeness (QED) is 0.277. The first-order valence-electron chi connectivity index (χ1n) is 4.99. The Labute approximate surface area is 98.4 Å². The number of rotatable bonds is 7. The zero-order valence-electron chi connectivity index (χ0n) is 9.13. The summed E-state index contributed by atoms with van der Waals surface area (Å²) in [4.78, 5) is 22.4. The van der Waals surface area contributed by atoms with E-state index in [0.717, 1.165) is 12.3 Å². The number of amides is 3. The molecule has 6 nitrogen and oxygen atoms in total. The van der Waals surface area contributed by atoms with Crippen molar-refractivity contribution in [3.63, 3.8) is 0 Å². The molecule has 0 spiro atoms. The van der Waals surface area contributed by atoms with Crippen LogP contribution in [0.5, 0.6) is 0 Å². The molecule has 1 heterocycles. The number of thioether (sulfide) groups is 1. The fraction of sp³-hybridized carbons (Fsp3) is 0.667. The predicted octanol–water partition coefficient (Wildman–Crippen LogP) is -0.443. The number of carbonyl (C=O) groups is 2. The molecular weight excluding hydrogens is 228 g/mol. The molecule has 0 aromatic heterocycles. The number of carbonyl (C=O) groups excluding carboxylic acids is 2. The minimum Gasteiger partial charge on any atom is -0.323 e. The molecule has 1 saturated heterocycles. The summed E-state index contributed by atoms with van der Waals surface area (Å²) in [6.45, 7) is 3.06. The van der Waals surface area contributed by atoms with Gasteiger partial charge in [0.25, 0.3) is 5.91 Å². The van der Waals surface area contributed by atoms with E-state index in [1.165, 1.54) is 6.21 Å². The first-order chi connectivity index (χ1) is 7.58. The highest BCUT2D eigenvalue weighted by Crippen LogP contribution is 2.16. The normalized spacial score (nSPS) is 24.1. The lowest BCUT2D eigenvalue weighted by atomic mass is 10.1. The van der Waals surface area contributed by atoms with Crippen LogP contribution in [0.4, 0.5) is 4.79 Å². The van der Waals surface area contributed by atoms with Gasteiger partial charge in [-0.1, -0.05) is 0 Å². The summed E-state index contributed by atoms with van der Waals surface area (Å²) in [5, 5.41) is 14.7. The van der Waals surface area contributed by atoms with Crippen LogP contribution >= 0.6 is 11.8 Å². The van der Waals surface area contributed by atoms with Gasteiger partial charge in [-0.05, 0) is 6.92 Å². The number of hydrogen-bond donors (Lipinski definition) is 4. The highest BCUT2D eigenvalue weighted by Gasteiger charge is 2.41. The zero-order valence-corrected chi connectivity index (χ0v) is 9.95. The molecule has 4 N–H and O–H groups in total. The monoisotopic (exact) mass is 244 g/mol. The molecule has 1 atom stereocenters. The highest BCUT2D eigenvalue weighted by atomic mass is 32.2. The smallest absolute Gasteiger partial charge is 0.322 e. The summed E-state index contributed by atoms with van der Waals surface area (Å²) in [6.07, 6.45) is 1.30. The first-order valence-corrected chi connectivity index (χ1v) is 6.15. The number of nitrogens with one attached hydrogen (secondary N) is 4. The van der Waals surface area contributed by atoms with Gasteiger partial charge in [-0.25, -0.2) is 4.79 Å². The van der Waals surface area contributed by atoms with E-state index in [9.17, 15) is 9.59 Å². The molecule has 1 aliphatic rings. The molecule has 1 aliphatic heterocycles. The average Bonchev–Trinajstić information content (AvgIpc) is 2.47. The zero-order chi connectivity index (χ0) is 12.0. The largest absolute Gasteiger partial charge is 0.323 e. The number of hydrogen-bond acceptors (Lipinski definition) is 5. The van der Waals surface area contributed by atoms with E-state index in [1.807, 2.05) is 0 Å². The third kappa shape index (κ3) is 3.49. The van der Waals surface area contributed by atoms with Crippen molar-refractivity contribution in [1.29, 1.82) is 5.41 Å². The Bertz CT molecular complexity index is 297. The van der Waals surface area contributed by atoms with Crippen molar-refractivity contribution in [2.75, 3.05) is 24.6 Å². The van der Waals surface area contributed by atoms with E-state index in [2.05, 4.69) is 16.0 Å². The molecule has 16 heavy (non-hydrogen) atoms. The number of imide groups is 1. The standard InChI is InChI=1S/C9H16N4O2S/c1-9(7(14)12-8(15)13-9)6-16-5-4-11-3-2-10/h2,10-11H,3-6H2,1H3,(H2,12,13,14,15)/t9-/m0/s1. The summed E-state index contributed by atoms with van der Waals surface area (Å²) >= 11 is 1.59. The van der Waals surface area contributed by atoms with Gasteiger partial charge >= 0.3 is 6.03 Å². The van der Waals surface area contributed by atoms with Crippen molar-refractivity contribution < 1.29 is 9.59 Å². The Kier molecular flexibility index (Phi) is 4.75. The van der Waals surface area contributed by atoms with E-state index >= 15 is 0 Å². The molecule has 0 saturated carbocycles. The van der Waals surface area contributed by atoms with Crippen molar-refractivity contribution in [2.24, 2.45) is 0 Å². The summed E-state index contributed by atoms with van der Waals surface area (Å²) in [6, 6.07) is -0.421. The van der Waals surface area contributed by atoms with Crippen molar-refractivity contribution in [1.82, 2.24) is 16.0 Å². The van der Waals surface area contributed by atoms with Gasteiger partial charge in [0, 0.05) is 30.8 Å². The van der Waals surface area contributed by atoms with E-state index in [-0.39, 0.29) is 5.91 Å². The summed E-state index contributed by atoms with van der Waals surface area (Å²) in [7, 11) is 0. The van der Waals surface area contributed by atoms with Crippen LogP contribution in [0, 0.1) is 5.41 Å². The van der Waals surface area contributed by atoms with Crippen molar-refractivity contribution in [2.45, 2.75) is 12.5 Å². The van der Waals surface area contributed by atoms with Crippen LogP contribution in [-0.4, -0.2) is 48.3 Å². The van der Waals surface area contributed by atoms with E-state index in [1.54, 1.807) is 18.7 Å². The Hall–Kier alpha value is -1.08. The summed E-state index contributed by atoms with van der Waals surface area (Å²) < 4.78 is 0. The molecule has 0 unspecified atom stereocenters. The van der Waals surface area contributed by atoms with Gasteiger partial charge in [0.1, 0.15) is 5.54 Å². The van der Waals surface area contributed by atoms with Crippen LogP contribution in [0.1, 0.15) is 6.92 Å². The molecule has 1 rings (SSSR count). The van der Waals surface area contributed by atoms with E-state index in [0.29, 0.717) is 12.3 Å². The summed E-state index contributed by atoms with van der Waals surface area (Å²) in [5.41, 5.74) is -0.788. The van der Waals surface area contributed by atoms with Gasteiger partial charge in [0.2, 0.25) is 0 Å². The van der Waals surface area contributed by atoms with E-state index < -0.39 is 11.6 Å². The Morgan fingerprint density at radius 3 is 2.88 bits per heavy atom. The first kappa shape index (κ1) is 13.0. The van der Waals surface area contributed by atoms with E-state index in [4.69, 9.17) is 5.41 Å². The van der Waals surface area contributed by atoms with Crippen LogP contribution in [0.25, 0.3) is 0 Å². The maximum absolute atomic E-state index is 11.4. The lowest BCUT2D eigenvalue weighted by molar-refractivity contribution is -0.122. The van der Waals surface area contributed by atoms with Gasteiger partial charge in [-0.3, -0.25) is 10.1 Å². The third-order valence-electron chi connectivity index (χ3n) is 2.18. The molecule has 1 fully saturated rings. The van der Waals surface area contributed by atoms with Crippen molar-refractivity contribution in [3.05, 3.63) is 0 Å². The number of urea groups is 1. The molecule has 0 bridgehead atoms. The topological polar surface area (TPSA) is 94.1 Å². The molecular formula is C9H16N4O2S. The molecule has 0 aromatic rings. The minimum absolute atomic E-state index is 0.266. The Balaban J connectivity index is 2.19. The fourth-order valence-corrected chi connectivity index (χ4v) is 2.32. The maximum Gasteiger partial charge on any atom is 0.322 e. The van der Waals surface area contributed by atoms with Crippen LogP contribution in [-0.2, 0) is 4.79 Å². The predicted molar refractivity (Wildman–Crippen MR) is 64.1 cm³/mol. The molecule has 7 heteroatoms. The second kappa shape index (κ2) is 5.86. The van der Waals surface area contributed by atoms with Crippen LogP contribution in [0.15, 0.2) is 0 Å². The van der Waals surface area contributed by atoms with Gasteiger partial charge in [-0.15, -0.1) is 0 Å². The van der Waals surface area contributed by atoms with Crippen molar-refractivity contribution in [3.8, 4) is 0 Å². The minimum atomic E-state index is -0.788. The Morgan fingerprint density at radius 1 is 1.56 bits per heavy atom. The average molecular weight is 244 g/mol. The molecule has 90 valence electrons. The van der Waals surface area contributed by atoms with Crippen molar-refractivity contribution >= 4 is 29.9 Å². The van der Waals surface area contributed by atoms with Gasteiger partial charge in [0.05, 0.1) is 0 Å². The lowest BCUT2D eigenvalue weighted by Crippen LogP contribution is -2.46. The van der Waals surface area contributed by atoms with Gasteiger partial charge < -0.3 is 16.0 Å². The molecule has 0 aliphatic carbocycles. The van der Waals surface area contributed by atoms with Crippen LogP contribution < -0.4 is 16.0 Å². The van der Waals surface area contributed by atoms with Crippen LogP contribution in [0.2, 0.25) is 0 Å². The summed E-state index contributed by atoms with van der Waals surface area (Å²) in [5.74, 6) is 1.13. The van der Waals surface area contributed by atoms with Crippen LogP contribution in [0.3, 0.4) is 0 Å². The molecule has 0 aromatic carbocycles. The van der Waals surface area contributed by atoms with Gasteiger partial charge in [-0.2, -0.15) is 11.8 Å². The fourth-order valence-electron chi connectivity index (χ4n) is 1.28. The third-order valence-corrected chi connectivity index (χ3v) is 3.45. The second-order valence-electron chi connectivity index (χ2n) is 3.70. The SMILES string of the molecule is C[C@@]1(CSCCNCC=N)NC(=O)NC1=O. The maximum atomic E-state index is 11.4. The van der Waals surface area contributed by atoms with Gasteiger partial charge in [0.15, 0.2) is 0 Å². The second-order valence-corrected chi connectivity index (χ2v) is 4.81. The lowest BCUT2D eigenvalue weighted by Gasteiger charge is -2.19. The Morgan fingerprint density at radius 2 is 2.31 bits per heavy atom.